The highest BCUT2D eigenvalue weighted by atomic mass is 16.5. The van der Waals surface area contributed by atoms with Crippen LogP contribution in [0.4, 0.5) is 0 Å². The molecule has 16 nitrogen and oxygen atoms in total. The molecule has 0 amide bonds. The lowest BCUT2D eigenvalue weighted by atomic mass is 10.1. The summed E-state index contributed by atoms with van der Waals surface area (Å²) in [6, 6.07) is 32.3. The third-order valence-electron chi connectivity index (χ3n) is 9.97. The SMILES string of the molecule is C1=NCCOCCOCCN=Cc2cccc(c2)C=NCCOCCOCCN=Cc2cccc(c2)C=NCCOCCOCCN=Cc2cccc(c2)C=NCCOCCOCCN=Cc2cccc1c2. The van der Waals surface area contributed by atoms with Crippen LogP contribution in [0.15, 0.2) is 137 Å². The van der Waals surface area contributed by atoms with Gasteiger partial charge in [-0.2, -0.15) is 0 Å². The number of hydrogen-bond donors (Lipinski definition) is 0. The summed E-state index contributed by atoms with van der Waals surface area (Å²) in [6.45, 7) is 12.7. The lowest BCUT2D eigenvalue weighted by molar-refractivity contribution is 0.0541. The van der Waals surface area contributed by atoms with Gasteiger partial charge in [0.25, 0.3) is 0 Å². The summed E-state index contributed by atoms with van der Waals surface area (Å²) < 4.78 is 45.5. The van der Waals surface area contributed by atoms with Gasteiger partial charge in [-0.3, -0.25) is 39.9 Å². The van der Waals surface area contributed by atoms with Gasteiger partial charge in [0.15, 0.2) is 0 Å². The Bertz CT molecular complexity index is 1840. The topological polar surface area (TPSA) is 173 Å². The summed E-state index contributed by atoms with van der Waals surface area (Å²) in [6.07, 6.45) is 14.8. The Hall–Kier alpha value is -6.08. The van der Waals surface area contributed by atoms with Crippen LogP contribution in [0.3, 0.4) is 0 Å². The van der Waals surface area contributed by atoms with Gasteiger partial charge in [0.1, 0.15) is 0 Å². The van der Waals surface area contributed by atoms with Crippen molar-refractivity contribution < 1.29 is 37.9 Å². The molecule has 0 aromatic heterocycles. The fourth-order valence-corrected chi connectivity index (χ4v) is 6.46. The predicted molar refractivity (Wildman–Crippen MR) is 292 cm³/mol. The van der Waals surface area contributed by atoms with Gasteiger partial charge in [0, 0.05) is 49.7 Å². The smallest absolute Gasteiger partial charge is 0.0701 e. The van der Waals surface area contributed by atoms with Crippen LogP contribution in [0.1, 0.15) is 44.5 Å². The fourth-order valence-electron chi connectivity index (χ4n) is 6.46. The van der Waals surface area contributed by atoms with Crippen molar-refractivity contribution in [2.45, 2.75) is 0 Å². The van der Waals surface area contributed by atoms with E-state index in [9.17, 15) is 0 Å². The summed E-state index contributed by atoms with van der Waals surface area (Å²) >= 11 is 0. The first-order chi connectivity index (χ1) is 35.8. The van der Waals surface area contributed by atoms with Crippen molar-refractivity contribution >= 4 is 49.7 Å². The average molecular weight is 985 g/mol. The van der Waals surface area contributed by atoms with E-state index in [4.69, 9.17) is 37.9 Å². The number of fused-ring (bicyclic) bond motifs is 8. The van der Waals surface area contributed by atoms with E-state index in [2.05, 4.69) is 39.9 Å². The molecule has 0 N–H and O–H groups in total. The Labute approximate surface area is 425 Å². The zero-order valence-electron chi connectivity index (χ0n) is 41.7. The number of ether oxygens (including phenoxy) is 8. The highest BCUT2D eigenvalue weighted by Gasteiger charge is 1.98. The van der Waals surface area contributed by atoms with E-state index < -0.39 is 0 Å². The average Bonchev–Trinajstić information content (AvgIpc) is 3.40. The molecule has 1 heterocycles. The van der Waals surface area contributed by atoms with Gasteiger partial charge in [-0.15, -0.1) is 0 Å². The van der Waals surface area contributed by atoms with Crippen LogP contribution in [0.2, 0.25) is 0 Å². The third-order valence-corrected chi connectivity index (χ3v) is 9.97. The molecule has 4 aromatic rings. The zero-order valence-corrected chi connectivity index (χ0v) is 41.7. The Morgan fingerprint density at radius 1 is 0.194 bits per heavy atom. The molecule has 8 bridgehead atoms. The van der Waals surface area contributed by atoms with Gasteiger partial charge in [0.05, 0.1) is 158 Å². The highest BCUT2D eigenvalue weighted by Crippen LogP contribution is 2.05. The first kappa shape index (κ1) is 56.8. The molecule has 5 rings (SSSR count). The summed E-state index contributed by atoms with van der Waals surface area (Å²) in [7, 11) is 0. The number of rotatable bonds is 0. The molecule has 0 spiro atoms. The maximum absolute atomic E-state index is 5.68. The van der Waals surface area contributed by atoms with E-state index in [0.29, 0.717) is 158 Å². The molecular formula is C56H72N8O8. The molecular weight excluding hydrogens is 913 g/mol. The monoisotopic (exact) mass is 985 g/mol. The second-order valence-corrected chi connectivity index (χ2v) is 15.9. The summed E-state index contributed by atoms with van der Waals surface area (Å²) in [4.78, 5) is 36.0. The van der Waals surface area contributed by atoms with Crippen molar-refractivity contribution in [2.75, 3.05) is 158 Å². The summed E-state index contributed by atoms with van der Waals surface area (Å²) in [5, 5.41) is 0. The van der Waals surface area contributed by atoms with E-state index in [1.54, 1.807) is 0 Å². The Kier molecular flexibility index (Phi) is 31.2. The molecule has 0 saturated carbocycles. The Morgan fingerprint density at radius 2 is 0.333 bits per heavy atom. The first-order valence-corrected chi connectivity index (χ1v) is 24.8. The lowest BCUT2D eigenvalue weighted by Gasteiger charge is -2.04. The third kappa shape index (κ3) is 28.7. The molecule has 0 saturated heterocycles. The highest BCUT2D eigenvalue weighted by molar-refractivity contribution is 5.88. The van der Waals surface area contributed by atoms with Crippen LogP contribution in [0, 0.1) is 0 Å². The Balaban J connectivity index is 0.987. The first-order valence-electron chi connectivity index (χ1n) is 24.8. The van der Waals surface area contributed by atoms with Crippen molar-refractivity contribution in [1.82, 2.24) is 0 Å². The van der Waals surface area contributed by atoms with E-state index in [-0.39, 0.29) is 0 Å². The van der Waals surface area contributed by atoms with Gasteiger partial charge >= 0.3 is 0 Å². The van der Waals surface area contributed by atoms with Gasteiger partial charge in [-0.25, -0.2) is 0 Å². The molecule has 4 aromatic carbocycles. The van der Waals surface area contributed by atoms with Crippen molar-refractivity contribution in [3.63, 3.8) is 0 Å². The largest absolute Gasteiger partial charge is 0.377 e. The number of benzene rings is 4. The van der Waals surface area contributed by atoms with Gasteiger partial charge in [-0.05, 0) is 68.8 Å². The van der Waals surface area contributed by atoms with Crippen molar-refractivity contribution in [3.05, 3.63) is 142 Å². The minimum atomic E-state index is 0.502. The second kappa shape index (κ2) is 39.5. The zero-order chi connectivity index (χ0) is 49.9. The molecule has 0 unspecified atom stereocenters. The van der Waals surface area contributed by atoms with E-state index in [1.165, 1.54) is 0 Å². The fraction of sp³-hybridized carbons (Fsp3) is 0.429. The number of nitrogens with zero attached hydrogens (tertiary/aromatic N) is 8. The molecule has 72 heavy (non-hydrogen) atoms. The maximum atomic E-state index is 5.68. The number of aliphatic imine (C=N–C) groups is 8. The van der Waals surface area contributed by atoms with Crippen molar-refractivity contribution in [2.24, 2.45) is 39.9 Å². The van der Waals surface area contributed by atoms with Gasteiger partial charge in [-0.1, -0.05) is 72.8 Å². The maximum Gasteiger partial charge on any atom is 0.0701 e. The summed E-state index contributed by atoms with van der Waals surface area (Å²) in [5.74, 6) is 0. The quantitative estimate of drug-likeness (QED) is 0.198. The molecule has 384 valence electrons. The molecule has 1 aliphatic rings. The normalized spacial score (nSPS) is 18.0. The van der Waals surface area contributed by atoms with Crippen LogP contribution >= 0.6 is 0 Å². The molecule has 1 aliphatic heterocycles. The molecule has 0 fully saturated rings. The number of hydrogen-bond acceptors (Lipinski definition) is 16. The van der Waals surface area contributed by atoms with Crippen LogP contribution in [-0.4, -0.2) is 208 Å². The van der Waals surface area contributed by atoms with E-state index in [0.717, 1.165) is 44.5 Å². The molecule has 0 radical (unpaired) electrons. The minimum absolute atomic E-state index is 0.502. The van der Waals surface area contributed by atoms with Gasteiger partial charge < -0.3 is 37.9 Å². The van der Waals surface area contributed by atoms with Crippen molar-refractivity contribution in [1.29, 1.82) is 0 Å². The molecule has 16 heteroatoms. The van der Waals surface area contributed by atoms with E-state index in [1.807, 2.05) is 147 Å². The van der Waals surface area contributed by atoms with E-state index >= 15 is 0 Å². The second-order valence-electron chi connectivity index (χ2n) is 15.9. The van der Waals surface area contributed by atoms with Crippen LogP contribution < -0.4 is 0 Å². The minimum Gasteiger partial charge on any atom is -0.377 e. The molecule has 0 aliphatic carbocycles. The summed E-state index contributed by atoms with van der Waals surface area (Å²) in [5.41, 5.74) is 8.04. The van der Waals surface area contributed by atoms with Crippen LogP contribution in [0.25, 0.3) is 0 Å². The van der Waals surface area contributed by atoms with Crippen LogP contribution in [0.5, 0.6) is 0 Å². The van der Waals surface area contributed by atoms with Gasteiger partial charge in [0.2, 0.25) is 0 Å². The standard InChI is InChI=1S/C56H72N8O8/c1-5-49-37-50(6-1)42-58-14-22-66-30-32-68-24-16-60-44-52-8-3-10-54(39-52)46-62-18-26-70-34-36-72-28-20-64-48-56-12-4-11-55(40-56)47-63-19-27-71-35-33-69-25-17-61-45-53-9-2-7-51(38-53)43-59-15-23-67-31-29-65-21-13-57-41-49/h1-12,37-48H,13-36H2. The Morgan fingerprint density at radius 3 is 0.472 bits per heavy atom. The van der Waals surface area contributed by atoms with Crippen LogP contribution in [-0.2, 0) is 37.9 Å². The van der Waals surface area contributed by atoms with Crippen molar-refractivity contribution in [3.8, 4) is 0 Å². The predicted octanol–water partition coefficient (Wildman–Crippen LogP) is 6.28. The lowest BCUT2D eigenvalue weighted by Crippen LogP contribution is -2.09. The molecule has 0 atom stereocenters.